The molecular formula is C18H24FN3O. The standard InChI is InChI=1S/C18H24FN3O/c1-4-20-18(22-12-16-11-13(2)23-14(16)3)21-10-9-15-5-7-17(19)8-6-15/h5-8,11H,4,9-10,12H2,1-3H3,(H2,20,21,22). The summed E-state index contributed by atoms with van der Waals surface area (Å²) in [5.74, 6) is 2.38. The highest BCUT2D eigenvalue weighted by atomic mass is 19.1. The van der Waals surface area contributed by atoms with Crippen molar-refractivity contribution < 1.29 is 8.81 Å². The maximum absolute atomic E-state index is 12.9. The molecule has 2 aromatic rings. The van der Waals surface area contributed by atoms with Crippen molar-refractivity contribution in [3.8, 4) is 0 Å². The number of hydrogen-bond donors (Lipinski definition) is 2. The Morgan fingerprint density at radius 2 is 1.91 bits per heavy atom. The predicted octanol–water partition coefficient (Wildman–Crippen LogP) is 3.33. The molecule has 4 nitrogen and oxygen atoms in total. The Bertz CT molecular complexity index is 647. The molecule has 0 aliphatic carbocycles. The Kier molecular flexibility index (Phi) is 6.20. The second kappa shape index (κ2) is 8.36. The van der Waals surface area contributed by atoms with Crippen LogP contribution in [0.2, 0.25) is 0 Å². The van der Waals surface area contributed by atoms with Crippen molar-refractivity contribution in [1.82, 2.24) is 10.6 Å². The summed E-state index contributed by atoms with van der Waals surface area (Å²) >= 11 is 0. The van der Waals surface area contributed by atoms with Gasteiger partial charge in [-0.3, -0.25) is 0 Å². The van der Waals surface area contributed by atoms with Crippen LogP contribution in [0.4, 0.5) is 4.39 Å². The number of nitrogens with one attached hydrogen (secondary N) is 2. The van der Waals surface area contributed by atoms with E-state index < -0.39 is 0 Å². The molecule has 0 bridgehead atoms. The third-order valence-corrected chi connectivity index (χ3v) is 3.51. The minimum atomic E-state index is -0.206. The van der Waals surface area contributed by atoms with E-state index in [2.05, 4.69) is 15.6 Å². The van der Waals surface area contributed by atoms with Gasteiger partial charge in [0.25, 0.3) is 0 Å². The van der Waals surface area contributed by atoms with Gasteiger partial charge < -0.3 is 15.1 Å². The van der Waals surface area contributed by atoms with Crippen LogP contribution >= 0.6 is 0 Å². The normalized spacial score (nSPS) is 11.6. The highest BCUT2D eigenvalue weighted by Gasteiger charge is 2.04. The predicted molar refractivity (Wildman–Crippen MR) is 91.1 cm³/mol. The van der Waals surface area contributed by atoms with Crippen molar-refractivity contribution in [2.75, 3.05) is 13.1 Å². The van der Waals surface area contributed by atoms with Crippen molar-refractivity contribution in [3.05, 3.63) is 58.8 Å². The van der Waals surface area contributed by atoms with Crippen molar-refractivity contribution in [2.24, 2.45) is 4.99 Å². The maximum Gasteiger partial charge on any atom is 0.191 e. The number of halogens is 1. The molecule has 0 aliphatic heterocycles. The largest absolute Gasteiger partial charge is 0.466 e. The van der Waals surface area contributed by atoms with E-state index in [4.69, 9.17) is 4.42 Å². The first kappa shape index (κ1) is 17.1. The van der Waals surface area contributed by atoms with Gasteiger partial charge in [-0.05, 0) is 51.0 Å². The Balaban J connectivity index is 1.88. The molecule has 0 spiro atoms. The number of furan rings is 1. The molecule has 1 aromatic carbocycles. The van der Waals surface area contributed by atoms with Gasteiger partial charge in [0.1, 0.15) is 17.3 Å². The smallest absolute Gasteiger partial charge is 0.191 e. The summed E-state index contributed by atoms with van der Waals surface area (Å²) in [4.78, 5) is 4.58. The molecule has 124 valence electrons. The fourth-order valence-electron chi connectivity index (χ4n) is 2.32. The van der Waals surface area contributed by atoms with E-state index in [1.54, 1.807) is 12.1 Å². The lowest BCUT2D eigenvalue weighted by atomic mass is 10.1. The highest BCUT2D eigenvalue weighted by molar-refractivity contribution is 5.79. The molecule has 5 heteroatoms. The first-order chi connectivity index (χ1) is 11.1. The van der Waals surface area contributed by atoms with Gasteiger partial charge in [-0.15, -0.1) is 0 Å². The molecule has 2 N–H and O–H groups in total. The molecule has 0 atom stereocenters. The van der Waals surface area contributed by atoms with E-state index in [-0.39, 0.29) is 5.82 Å². The molecule has 0 aliphatic rings. The molecular weight excluding hydrogens is 293 g/mol. The molecule has 0 fully saturated rings. The van der Waals surface area contributed by atoms with Crippen LogP contribution in [0, 0.1) is 19.7 Å². The summed E-state index contributed by atoms with van der Waals surface area (Å²) < 4.78 is 18.4. The zero-order valence-corrected chi connectivity index (χ0v) is 13.9. The minimum absolute atomic E-state index is 0.206. The van der Waals surface area contributed by atoms with Crippen molar-refractivity contribution in [1.29, 1.82) is 0 Å². The van der Waals surface area contributed by atoms with Crippen LogP contribution in [0.3, 0.4) is 0 Å². The van der Waals surface area contributed by atoms with Crippen LogP contribution in [0.1, 0.15) is 29.6 Å². The zero-order chi connectivity index (χ0) is 16.7. The Morgan fingerprint density at radius 3 is 2.52 bits per heavy atom. The minimum Gasteiger partial charge on any atom is -0.466 e. The molecule has 0 amide bonds. The van der Waals surface area contributed by atoms with Gasteiger partial charge in [-0.2, -0.15) is 0 Å². The second-order valence-electron chi connectivity index (χ2n) is 5.44. The maximum atomic E-state index is 12.9. The SMILES string of the molecule is CCNC(=NCc1cc(C)oc1C)NCCc1ccc(F)cc1. The number of benzene rings is 1. The molecule has 1 heterocycles. The first-order valence-corrected chi connectivity index (χ1v) is 7.91. The molecule has 23 heavy (non-hydrogen) atoms. The van der Waals surface area contributed by atoms with E-state index >= 15 is 0 Å². The number of rotatable bonds is 6. The van der Waals surface area contributed by atoms with Crippen LogP contribution in [-0.4, -0.2) is 19.0 Å². The van der Waals surface area contributed by atoms with Gasteiger partial charge in [0.05, 0.1) is 6.54 Å². The third kappa shape index (κ3) is 5.43. The van der Waals surface area contributed by atoms with Gasteiger partial charge in [-0.25, -0.2) is 9.38 Å². The average Bonchev–Trinajstić information content (AvgIpc) is 2.84. The van der Waals surface area contributed by atoms with Gasteiger partial charge in [0.15, 0.2) is 5.96 Å². The molecule has 0 saturated heterocycles. The number of nitrogens with zero attached hydrogens (tertiary/aromatic N) is 1. The summed E-state index contributed by atoms with van der Waals surface area (Å²) in [6.45, 7) is 8.03. The van der Waals surface area contributed by atoms with Crippen molar-refractivity contribution in [3.63, 3.8) is 0 Å². The number of hydrogen-bond acceptors (Lipinski definition) is 2. The van der Waals surface area contributed by atoms with Gasteiger partial charge in [0.2, 0.25) is 0 Å². The number of guanidine groups is 1. The van der Waals surface area contributed by atoms with Crippen LogP contribution in [0.5, 0.6) is 0 Å². The Morgan fingerprint density at radius 1 is 1.17 bits per heavy atom. The molecule has 1 aromatic heterocycles. The lowest BCUT2D eigenvalue weighted by molar-refractivity contribution is 0.501. The lowest BCUT2D eigenvalue weighted by Crippen LogP contribution is -2.38. The summed E-state index contributed by atoms with van der Waals surface area (Å²) in [5.41, 5.74) is 2.19. The van der Waals surface area contributed by atoms with Crippen LogP contribution in [0.25, 0.3) is 0 Å². The number of aryl methyl sites for hydroxylation is 2. The molecule has 2 rings (SSSR count). The first-order valence-electron chi connectivity index (χ1n) is 7.91. The molecule has 0 radical (unpaired) electrons. The van der Waals surface area contributed by atoms with Gasteiger partial charge >= 0.3 is 0 Å². The quantitative estimate of drug-likeness (QED) is 0.634. The summed E-state index contributed by atoms with van der Waals surface area (Å²) in [6.07, 6.45) is 0.814. The van der Waals surface area contributed by atoms with Crippen molar-refractivity contribution >= 4 is 5.96 Å². The van der Waals surface area contributed by atoms with E-state index in [0.717, 1.165) is 48.1 Å². The van der Waals surface area contributed by atoms with E-state index in [1.165, 1.54) is 12.1 Å². The molecule has 0 saturated carbocycles. The lowest BCUT2D eigenvalue weighted by Gasteiger charge is -2.11. The average molecular weight is 317 g/mol. The van der Waals surface area contributed by atoms with E-state index in [1.807, 2.05) is 26.8 Å². The summed E-state index contributed by atoms with van der Waals surface area (Å²) in [6, 6.07) is 8.59. The molecule has 0 unspecified atom stereocenters. The van der Waals surface area contributed by atoms with E-state index in [0.29, 0.717) is 6.54 Å². The monoisotopic (exact) mass is 317 g/mol. The van der Waals surface area contributed by atoms with Gasteiger partial charge in [0, 0.05) is 18.7 Å². The third-order valence-electron chi connectivity index (χ3n) is 3.51. The van der Waals surface area contributed by atoms with Crippen molar-refractivity contribution in [2.45, 2.75) is 33.7 Å². The van der Waals surface area contributed by atoms with Crippen LogP contribution in [-0.2, 0) is 13.0 Å². The van der Waals surface area contributed by atoms with Crippen LogP contribution in [0.15, 0.2) is 39.7 Å². The Hall–Kier alpha value is -2.30. The zero-order valence-electron chi connectivity index (χ0n) is 13.9. The topological polar surface area (TPSA) is 49.6 Å². The summed E-state index contributed by atoms with van der Waals surface area (Å²) in [5, 5.41) is 6.52. The fraction of sp³-hybridized carbons (Fsp3) is 0.389. The second-order valence-corrected chi connectivity index (χ2v) is 5.44. The number of aliphatic imine (C=N–C) groups is 1. The highest BCUT2D eigenvalue weighted by Crippen LogP contribution is 2.14. The Labute approximate surface area is 136 Å². The van der Waals surface area contributed by atoms with Crippen LogP contribution < -0.4 is 10.6 Å². The fourth-order valence-corrected chi connectivity index (χ4v) is 2.32. The summed E-state index contributed by atoms with van der Waals surface area (Å²) in [7, 11) is 0. The van der Waals surface area contributed by atoms with Gasteiger partial charge in [-0.1, -0.05) is 12.1 Å². The van der Waals surface area contributed by atoms with E-state index in [9.17, 15) is 4.39 Å².